The van der Waals surface area contributed by atoms with Crippen molar-refractivity contribution < 1.29 is 41.5 Å². The third-order valence-corrected chi connectivity index (χ3v) is 4.96. The first-order valence-electron chi connectivity index (χ1n) is 6.09. The monoisotopic (exact) mass is 397 g/mol. The second-order valence-corrected chi connectivity index (χ2v) is 9.57. The third-order valence-electron chi connectivity index (χ3n) is 1.36. The Bertz CT molecular complexity index is 187. The Labute approximate surface area is 136 Å². The van der Waals surface area contributed by atoms with Gasteiger partial charge in [0, 0.05) is 46.0 Å². The Kier molecular flexibility index (Phi) is 39.5. The van der Waals surface area contributed by atoms with E-state index in [1.54, 1.807) is 25.2 Å². The largest absolute Gasteiger partial charge is 0 e. The van der Waals surface area contributed by atoms with Crippen molar-refractivity contribution in [1.82, 2.24) is 0 Å². The summed E-state index contributed by atoms with van der Waals surface area (Å²) in [7, 11) is 0. The minimum atomic E-state index is -0.888. The van der Waals surface area contributed by atoms with Crippen LogP contribution in [0.15, 0.2) is 24.3 Å². The molecular weight excluding hydrogens is 368 g/mol. The van der Waals surface area contributed by atoms with Crippen LogP contribution >= 0.6 is 0 Å². The van der Waals surface area contributed by atoms with Crippen molar-refractivity contribution >= 4 is 18.7 Å². The van der Waals surface area contributed by atoms with Crippen LogP contribution in [0.1, 0.15) is 20.8 Å². The maximum absolute atomic E-state index is 7.57. The smallest absolute Gasteiger partial charge is 0 e. The Morgan fingerprint density at radius 1 is 0.833 bits per heavy atom. The minimum absolute atomic E-state index is 0. The van der Waals surface area contributed by atoms with E-state index in [2.05, 4.69) is 35.8 Å². The molecule has 1 aromatic carbocycles. The molecule has 0 unspecified atom stereocenters. The summed E-state index contributed by atoms with van der Waals surface area (Å²) in [5, 5.41) is 22.7. The van der Waals surface area contributed by atoms with Crippen molar-refractivity contribution in [3.05, 3.63) is 24.3 Å². The van der Waals surface area contributed by atoms with E-state index in [0.29, 0.717) is 0 Å². The van der Waals surface area contributed by atoms with Crippen LogP contribution in [-0.4, -0.2) is 49.5 Å². The van der Waals surface area contributed by atoms with Gasteiger partial charge in [0.05, 0.1) is 0 Å². The molecule has 18 heavy (non-hydrogen) atoms. The molecule has 1 aromatic rings. The molecule has 0 heterocycles. The van der Waals surface area contributed by atoms with Gasteiger partial charge in [-0.05, 0) is 20.8 Å². The molecule has 0 atom stereocenters. The molecule has 3 N–H and O–H groups in total. The van der Waals surface area contributed by atoms with E-state index >= 15 is 0 Å². The van der Waals surface area contributed by atoms with Crippen LogP contribution < -0.4 is 4.40 Å². The van der Waals surface area contributed by atoms with Crippen molar-refractivity contribution in [3.63, 3.8) is 0 Å². The fourth-order valence-electron chi connectivity index (χ4n) is 0.774. The zero-order chi connectivity index (χ0) is 14.1. The molecule has 108 valence electrons. The van der Waals surface area contributed by atoms with Crippen LogP contribution in [0.3, 0.4) is 0 Å². The third kappa shape index (κ3) is 30.0. The van der Waals surface area contributed by atoms with Crippen molar-refractivity contribution in [2.45, 2.75) is 32.3 Å². The second kappa shape index (κ2) is 26.3. The van der Waals surface area contributed by atoms with Gasteiger partial charge in [0.15, 0.2) is 0 Å². The number of hydrogen-bond donors (Lipinski definition) is 3. The first-order valence-corrected chi connectivity index (χ1v) is 12.1. The summed E-state index contributed by atoms with van der Waals surface area (Å²) >= 11 is -0.888. The normalized spacial score (nSPS) is 7.61. The van der Waals surface area contributed by atoms with E-state index in [4.69, 9.17) is 15.3 Å². The van der Waals surface area contributed by atoms with E-state index in [1.807, 2.05) is 0 Å². The van der Waals surface area contributed by atoms with Crippen LogP contribution in [0, 0.1) is 0 Å². The van der Waals surface area contributed by atoms with Crippen molar-refractivity contribution in [1.29, 1.82) is 0 Å². The molecule has 0 saturated carbocycles. The van der Waals surface area contributed by atoms with E-state index in [-0.39, 0.29) is 46.0 Å². The van der Waals surface area contributed by atoms with E-state index in [0.717, 1.165) is 0 Å². The minimum Gasteiger partial charge on any atom is 0 e. The number of aliphatic hydroxyl groups excluding tert-OH is 3. The summed E-state index contributed by atoms with van der Waals surface area (Å²) < 4.78 is 1.62. The van der Waals surface area contributed by atoms with Crippen molar-refractivity contribution in [3.8, 4) is 0 Å². The first kappa shape index (κ1) is 27.1. The average Bonchev–Trinajstić information content (AvgIpc) is 2.73. The maximum atomic E-state index is 7.57. The molecule has 0 fully saturated rings. The van der Waals surface area contributed by atoms with Gasteiger partial charge in [-0.1, -0.05) is 0 Å². The quantitative estimate of drug-likeness (QED) is 0.492. The van der Waals surface area contributed by atoms with E-state index < -0.39 is 14.3 Å². The van der Waals surface area contributed by atoms with E-state index in [1.165, 1.54) is 0 Å². The fraction of sp³-hybridized carbons (Fsp3) is 0.615. The fourth-order valence-corrected chi connectivity index (χ4v) is 2.86. The molecule has 5 heteroatoms. The number of aliphatic hydroxyl groups is 3. The number of rotatable bonds is 1. The second-order valence-electron chi connectivity index (χ2n) is 3.32. The molecule has 0 spiro atoms. The predicted octanol–water partition coefficient (Wildman–Crippen LogP) is 1.09. The van der Waals surface area contributed by atoms with Gasteiger partial charge in [-0.2, -0.15) is 0 Å². The summed E-state index contributed by atoms with van der Waals surface area (Å²) in [5.41, 5.74) is 0. The van der Waals surface area contributed by atoms with Gasteiger partial charge < -0.3 is 15.3 Å². The molecule has 0 bridgehead atoms. The predicted molar refractivity (Wildman–Crippen MR) is 78.8 cm³/mol. The first-order chi connectivity index (χ1) is 8.05. The molecule has 0 aliphatic rings. The summed E-state index contributed by atoms with van der Waals surface area (Å²) in [6, 6.07) is 8.73. The zero-order valence-corrected chi connectivity index (χ0v) is 17.2. The molecule has 0 aliphatic heterocycles. The Balaban J connectivity index is -0.0000000840. The average molecular weight is 397 g/mol. The summed E-state index contributed by atoms with van der Waals surface area (Å²) in [5.74, 6) is 4.78. The molecule has 3 nitrogen and oxygen atoms in total. The molecule has 0 aromatic heterocycles. The van der Waals surface area contributed by atoms with Crippen LogP contribution in [-0.2, 0) is 26.2 Å². The van der Waals surface area contributed by atoms with Crippen molar-refractivity contribution in [2.24, 2.45) is 0 Å². The molecule has 0 aliphatic carbocycles. The zero-order valence-electron chi connectivity index (χ0n) is 12.3. The molecule has 1 rings (SSSR count). The van der Waals surface area contributed by atoms with Gasteiger partial charge in [0.25, 0.3) is 0 Å². The van der Waals surface area contributed by atoms with Crippen LogP contribution in [0.25, 0.3) is 0 Å². The van der Waals surface area contributed by atoms with Gasteiger partial charge in [0.1, 0.15) is 0 Å². The SMILES string of the molecule is CCO.CCO.CCO.[CH3][GeH]([CH3])[c-]1cccc1.[Zr]. The summed E-state index contributed by atoms with van der Waals surface area (Å²) in [4.78, 5) is 0. The van der Waals surface area contributed by atoms with Gasteiger partial charge in [0.2, 0.25) is 0 Å². The molecule has 0 radical (unpaired) electrons. The summed E-state index contributed by atoms with van der Waals surface area (Å²) in [6.45, 7) is 5.79. The van der Waals surface area contributed by atoms with Gasteiger partial charge in [-0.25, -0.2) is 0 Å². The van der Waals surface area contributed by atoms with E-state index in [9.17, 15) is 0 Å². The topological polar surface area (TPSA) is 60.7 Å². The van der Waals surface area contributed by atoms with Crippen LogP contribution in [0.2, 0.25) is 11.5 Å². The van der Waals surface area contributed by atoms with Gasteiger partial charge in [-0.3, -0.25) is 0 Å². The summed E-state index contributed by atoms with van der Waals surface area (Å²) in [6.07, 6.45) is 0. The Morgan fingerprint density at radius 2 is 1.06 bits per heavy atom. The van der Waals surface area contributed by atoms with Gasteiger partial charge >= 0.3 is 54.5 Å². The molecule has 0 saturated heterocycles. The molecule has 0 amide bonds. The standard InChI is InChI=1S/C7H11Ge.3C2H6O.Zr/c1-8(2)7-5-3-4-6-7;3*1-2-3;/h3-6,8H,1-2H3;3*3H,2H2,1H3;/q-1;;;;. The van der Waals surface area contributed by atoms with Crippen LogP contribution in [0.4, 0.5) is 0 Å². The van der Waals surface area contributed by atoms with Crippen LogP contribution in [0.5, 0.6) is 0 Å². The maximum Gasteiger partial charge on any atom is 0 e. The van der Waals surface area contributed by atoms with Crippen molar-refractivity contribution in [2.75, 3.05) is 19.8 Å². The molecular formula is C13H29GeO3Zr-. The Hall–Kier alpha value is 0.656. The Morgan fingerprint density at radius 3 is 1.17 bits per heavy atom. The number of hydrogen-bond acceptors (Lipinski definition) is 3. The van der Waals surface area contributed by atoms with Gasteiger partial charge in [-0.15, -0.1) is 0 Å².